The molecule has 0 atom stereocenters. The van der Waals surface area contributed by atoms with E-state index in [-0.39, 0.29) is 11.8 Å². The van der Waals surface area contributed by atoms with Crippen LogP contribution >= 0.6 is 23.1 Å². The van der Waals surface area contributed by atoms with Crippen molar-refractivity contribution in [1.29, 1.82) is 0 Å². The molecule has 3 aromatic rings. The molecule has 0 fully saturated rings. The normalized spacial score (nSPS) is 11.3. The number of para-hydroxylation sites is 1. The van der Waals surface area contributed by atoms with Gasteiger partial charge in [0.25, 0.3) is 5.91 Å². The van der Waals surface area contributed by atoms with E-state index >= 15 is 0 Å². The number of nitrogens with zero attached hydrogens (tertiary/aromatic N) is 3. The summed E-state index contributed by atoms with van der Waals surface area (Å²) in [6.07, 6.45) is 2.65. The molecular formula is C19H22N4OS2. The van der Waals surface area contributed by atoms with Gasteiger partial charge in [-0.1, -0.05) is 26.0 Å². The van der Waals surface area contributed by atoms with Gasteiger partial charge in [-0.2, -0.15) is 0 Å². The van der Waals surface area contributed by atoms with Crippen molar-refractivity contribution in [3.8, 4) is 0 Å². The van der Waals surface area contributed by atoms with Crippen molar-refractivity contribution >= 4 is 39.2 Å². The molecule has 0 spiro atoms. The predicted molar refractivity (Wildman–Crippen MR) is 108 cm³/mol. The third-order valence-corrected chi connectivity index (χ3v) is 5.75. The van der Waals surface area contributed by atoms with E-state index in [1.165, 1.54) is 16.5 Å². The fraction of sp³-hybridized carbons (Fsp3) is 0.368. The van der Waals surface area contributed by atoms with E-state index < -0.39 is 0 Å². The van der Waals surface area contributed by atoms with Gasteiger partial charge in [0.2, 0.25) is 0 Å². The molecule has 1 aromatic carbocycles. The Morgan fingerprint density at radius 3 is 2.69 bits per heavy atom. The van der Waals surface area contributed by atoms with Crippen LogP contribution in [-0.4, -0.2) is 33.7 Å². The molecular weight excluding hydrogens is 364 g/mol. The van der Waals surface area contributed by atoms with Crippen molar-refractivity contribution in [2.24, 2.45) is 0 Å². The number of thiazole rings is 1. The molecule has 0 aliphatic rings. The van der Waals surface area contributed by atoms with Crippen LogP contribution in [0.2, 0.25) is 0 Å². The molecule has 2 aromatic heterocycles. The van der Waals surface area contributed by atoms with Crippen molar-refractivity contribution in [2.45, 2.75) is 38.1 Å². The molecule has 3 rings (SSSR count). The van der Waals surface area contributed by atoms with Gasteiger partial charge in [0.05, 0.1) is 26.5 Å². The van der Waals surface area contributed by atoms with Crippen LogP contribution in [0.4, 0.5) is 0 Å². The van der Waals surface area contributed by atoms with Gasteiger partial charge in [-0.3, -0.25) is 4.79 Å². The highest BCUT2D eigenvalue weighted by Gasteiger charge is 2.19. The maximum Gasteiger partial charge on any atom is 0.255 e. The Hall–Kier alpha value is -1.99. The zero-order chi connectivity index (χ0) is 18.7. The zero-order valence-corrected chi connectivity index (χ0v) is 17.0. The van der Waals surface area contributed by atoms with Crippen molar-refractivity contribution in [3.05, 3.63) is 46.4 Å². The van der Waals surface area contributed by atoms with Gasteiger partial charge in [-0.25, -0.2) is 15.0 Å². The van der Waals surface area contributed by atoms with E-state index in [0.29, 0.717) is 18.5 Å². The summed E-state index contributed by atoms with van der Waals surface area (Å²) in [7, 11) is 0. The van der Waals surface area contributed by atoms with Gasteiger partial charge in [0.15, 0.2) is 0 Å². The number of nitrogens with one attached hydrogen (secondary N) is 1. The monoisotopic (exact) mass is 386 g/mol. The Labute approximate surface area is 161 Å². The van der Waals surface area contributed by atoms with Crippen LogP contribution in [0.25, 0.3) is 10.2 Å². The van der Waals surface area contributed by atoms with Crippen molar-refractivity contribution < 1.29 is 4.79 Å². The molecule has 0 saturated carbocycles. The Morgan fingerprint density at radius 1 is 1.23 bits per heavy atom. The van der Waals surface area contributed by atoms with Crippen LogP contribution in [0.1, 0.15) is 46.6 Å². The molecule has 0 aliphatic heterocycles. The third kappa shape index (κ3) is 4.04. The van der Waals surface area contributed by atoms with Gasteiger partial charge in [-0.15, -0.1) is 23.1 Å². The molecule has 0 unspecified atom stereocenters. The van der Waals surface area contributed by atoms with Crippen LogP contribution in [0.5, 0.6) is 0 Å². The Bertz CT molecular complexity index is 903. The van der Waals surface area contributed by atoms with E-state index in [1.54, 1.807) is 11.3 Å². The van der Waals surface area contributed by atoms with E-state index in [4.69, 9.17) is 0 Å². The first-order valence-corrected chi connectivity index (χ1v) is 10.6. The SMILES string of the molecule is CSc1nc(C(C)C)nc(C)c1C(=O)NCCc1nc2ccccc2s1. The van der Waals surface area contributed by atoms with Gasteiger partial charge in [0.1, 0.15) is 10.9 Å². The number of hydrogen-bond donors (Lipinski definition) is 1. The topological polar surface area (TPSA) is 67.8 Å². The highest BCUT2D eigenvalue weighted by atomic mass is 32.2. The summed E-state index contributed by atoms with van der Waals surface area (Å²) in [5.74, 6) is 0.886. The van der Waals surface area contributed by atoms with Gasteiger partial charge in [0, 0.05) is 18.9 Å². The van der Waals surface area contributed by atoms with Crippen LogP contribution in [0.3, 0.4) is 0 Å². The summed E-state index contributed by atoms with van der Waals surface area (Å²) in [5, 5.41) is 4.75. The van der Waals surface area contributed by atoms with Gasteiger partial charge >= 0.3 is 0 Å². The number of thioether (sulfide) groups is 1. The number of aryl methyl sites for hydroxylation is 1. The first-order valence-electron chi connectivity index (χ1n) is 8.54. The number of fused-ring (bicyclic) bond motifs is 1. The standard InChI is InChI=1S/C19H22N4OS2/c1-11(2)17-21-12(3)16(19(23-17)25-4)18(24)20-10-9-15-22-13-7-5-6-8-14(13)26-15/h5-8,11H,9-10H2,1-4H3,(H,20,24). The average molecular weight is 387 g/mol. The second kappa shape index (κ2) is 8.14. The van der Waals surface area contributed by atoms with Crippen LogP contribution in [0, 0.1) is 6.92 Å². The smallest absolute Gasteiger partial charge is 0.255 e. The molecule has 1 amide bonds. The lowest BCUT2D eigenvalue weighted by Gasteiger charge is -2.13. The number of rotatable bonds is 6. The largest absolute Gasteiger partial charge is 0.351 e. The minimum absolute atomic E-state index is 0.122. The lowest BCUT2D eigenvalue weighted by molar-refractivity contribution is 0.0949. The minimum Gasteiger partial charge on any atom is -0.351 e. The first kappa shape index (κ1) is 18.8. The van der Waals surface area contributed by atoms with Crippen molar-refractivity contribution in [3.63, 3.8) is 0 Å². The summed E-state index contributed by atoms with van der Waals surface area (Å²) in [6, 6.07) is 8.08. The van der Waals surface area contributed by atoms with Crippen molar-refractivity contribution in [1.82, 2.24) is 20.3 Å². The molecule has 26 heavy (non-hydrogen) atoms. The molecule has 2 heterocycles. The van der Waals surface area contributed by atoms with Crippen LogP contribution in [0.15, 0.2) is 29.3 Å². The molecule has 7 heteroatoms. The second-order valence-electron chi connectivity index (χ2n) is 6.29. The fourth-order valence-corrected chi connectivity index (χ4v) is 4.23. The van der Waals surface area contributed by atoms with Crippen LogP contribution < -0.4 is 5.32 Å². The lowest BCUT2D eigenvalue weighted by Crippen LogP contribution is -2.28. The molecule has 1 N–H and O–H groups in total. The van der Waals surface area contributed by atoms with E-state index in [0.717, 1.165) is 27.1 Å². The Balaban J connectivity index is 1.69. The number of benzene rings is 1. The number of aromatic nitrogens is 3. The second-order valence-corrected chi connectivity index (χ2v) is 8.20. The molecule has 0 bridgehead atoms. The van der Waals surface area contributed by atoms with Crippen LogP contribution in [-0.2, 0) is 6.42 Å². The quantitative estimate of drug-likeness (QED) is 0.508. The van der Waals surface area contributed by atoms with E-state index in [1.807, 2.05) is 31.4 Å². The number of hydrogen-bond acceptors (Lipinski definition) is 6. The lowest BCUT2D eigenvalue weighted by atomic mass is 10.1. The molecule has 0 saturated heterocycles. The average Bonchev–Trinajstić information content (AvgIpc) is 3.03. The maximum atomic E-state index is 12.7. The molecule has 5 nitrogen and oxygen atoms in total. The van der Waals surface area contributed by atoms with E-state index in [2.05, 4.69) is 40.2 Å². The van der Waals surface area contributed by atoms with Gasteiger partial charge < -0.3 is 5.32 Å². The zero-order valence-electron chi connectivity index (χ0n) is 15.4. The fourth-order valence-electron chi connectivity index (χ4n) is 2.63. The number of amides is 1. The summed E-state index contributed by atoms with van der Waals surface area (Å²) in [6.45, 7) is 6.51. The maximum absolute atomic E-state index is 12.7. The summed E-state index contributed by atoms with van der Waals surface area (Å²) < 4.78 is 1.17. The Kier molecular flexibility index (Phi) is 5.88. The van der Waals surface area contributed by atoms with E-state index in [9.17, 15) is 4.79 Å². The third-order valence-electron chi connectivity index (χ3n) is 3.97. The molecule has 0 aliphatic carbocycles. The number of carbonyl (C=O) groups is 1. The summed E-state index contributed by atoms with van der Waals surface area (Å²) in [5.41, 5.74) is 2.31. The number of carbonyl (C=O) groups excluding carboxylic acids is 1. The highest BCUT2D eigenvalue weighted by Crippen LogP contribution is 2.24. The Morgan fingerprint density at radius 2 is 2.00 bits per heavy atom. The molecule has 0 radical (unpaired) electrons. The highest BCUT2D eigenvalue weighted by molar-refractivity contribution is 7.98. The summed E-state index contributed by atoms with van der Waals surface area (Å²) in [4.78, 5) is 26.3. The molecule has 136 valence electrons. The first-order chi connectivity index (χ1) is 12.5. The predicted octanol–water partition coefficient (Wildman–Crippen LogP) is 4.21. The van der Waals surface area contributed by atoms with Gasteiger partial charge in [-0.05, 0) is 25.3 Å². The summed E-state index contributed by atoms with van der Waals surface area (Å²) >= 11 is 3.15. The minimum atomic E-state index is -0.122. The van der Waals surface area contributed by atoms with Crippen molar-refractivity contribution in [2.75, 3.05) is 12.8 Å².